The lowest BCUT2D eigenvalue weighted by atomic mass is 10.0. The minimum absolute atomic E-state index is 0.0198. The van der Waals surface area contributed by atoms with E-state index < -0.39 is 0 Å². The zero-order valence-corrected chi connectivity index (χ0v) is 15.6. The first-order chi connectivity index (χ1) is 11.8. The predicted octanol–water partition coefficient (Wildman–Crippen LogP) is 3.59. The number of hydrogen-bond acceptors (Lipinski definition) is 2. The summed E-state index contributed by atoms with van der Waals surface area (Å²) in [7, 11) is 0. The molecule has 4 heteroatoms. The Labute approximate surface area is 149 Å². The summed E-state index contributed by atoms with van der Waals surface area (Å²) in [5, 5.41) is 2.91. The Bertz CT molecular complexity index is 773. The van der Waals surface area contributed by atoms with Crippen LogP contribution in [0.25, 0.3) is 0 Å². The number of carbonyl (C=O) groups is 2. The van der Waals surface area contributed by atoms with E-state index in [1.165, 1.54) is 6.92 Å². The Morgan fingerprint density at radius 3 is 2.12 bits per heavy atom. The van der Waals surface area contributed by atoms with E-state index >= 15 is 0 Å². The zero-order valence-electron chi connectivity index (χ0n) is 15.6. The Balaban J connectivity index is 2.13. The highest BCUT2D eigenvalue weighted by molar-refractivity contribution is 5.98. The van der Waals surface area contributed by atoms with Crippen molar-refractivity contribution in [2.24, 2.45) is 0 Å². The fourth-order valence-corrected chi connectivity index (χ4v) is 3.15. The Kier molecular flexibility index (Phi) is 5.97. The second-order valence-electron chi connectivity index (χ2n) is 6.56. The van der Waals surface area contributed by atoms with Gasteiger partial charge in [-0.2, -0.15) is 0 Å². The fourth-order valence-electron chi connectivity index (χ4n) is 3.15. The van der Waals surface area contributed by atoms with Crippen LogP contribution >= 0.6 is 0 Å². The van der Waals surface area contributed by atoms with Crippen molar-refractivity contribution in [2.45, 2.75) is 41.2 Å². The third kappa shape index (κ3) is 4.69. The molecule has 25 heavy (non-hydrogen) atoms. The molecule has 0 unspecified atom stereocenters. The average Bonchev–Trinajstić information content (AvgIpc) is 2.52. The molecule has 0 radical (unpaired) electrons. The Morgan fingerprint density at radius 2 is 1.56 bits per heavy atom. The van der Waals surface area contributed by atoms with E-state index in [1.807, 2.05) is 64.1 Å². The summed E-state index contributed by atoms with van der Waals surface area (Å²) in [4.78, 5) is 26.1. The fraction of sp³-hybridized carbons (Fsp3) is 0.333. The van der Waals surface area contributed by atoms with Crippen LogP contribution in [0.2, 0.25) is 0 Å². The van der Waals surface area contributed by atoms with Crippen molar-refractivity contribution in [3.63, 3.8) is 0 Å². The number of nitrogens with one attached hydrogen (secondary N) is 1. The highest BCUT2D eigenvalue weighted by Crippen LogP contribution is 2.26. The van der Waals surface area contributed by atoms with Gasteiger partial charge < -0.3 is 10.2 Å². The second-order valence-corrected chi connectivity index (χ2v) is 6.56. The van der Waals surface area contributed by atoms with Gasteiger partial charge >= 0.3 is 0 Å². The summed E-state index contributed by atoms with van der Waals surface area (Å²) in [5.74, 6) is -0.307. The lowest BCUT2D eigenvalue weighted by Gasteiger charge is -2.25. The number of anilines is 1. The smallest absolute Gasteiger partial charge is 0.240 e. The molecule has 0 aliphatic heterocycles. The van der Waals surface area contributed by atoms with Gasteiger partial charge in [-0.15, -0.1) is 0 Å². The topological polar surface area (TPSA) is 49.4 Å². The maximum atomic E-state index is 12.4. The lowest BCUT2D eigenvalue weighted by Crippen LogP contribution is -2.40. The van der Waals surface area contributed by atoms with Crippen LogP contribution < -0.4 is 10.2 Å². The van der Waals surface area contributed by atoms with E-state index in [2.05, 4.69) is 5.32 Å². The lowest BCUT2D eigenvalue weighted by molar-refractivity contribution is -0.123. The normalized spacial score (nSPS) is 10.4. The van der Waals surface area contributed by atoms with Crippen LogP contribution in [-0.4, -0.2) is 18.4 Å². The standard InChI is InChI=1S/C21H26N2O2/c1-14-10-16(3)21(17(4)11-14)23(18(5)24)13-20(25)22-12-19-9-7-6-8-15(19)2/h6-11H,12-13H2,1-5H3,(H,22,25). The first-order valence-corrected chi connectivity index (χ1v) is 8.46. The van der Waals surface area contributed by atoms with E-state index in [-0.39, 0.29) is 18.4 Å². The molecule has 2 aromatic carbocycles. The van der Waals surface area contributed by atoms with Crippen molar-refractivity contribution in [1.29, 1.82) is 0 Å². The van der Waals surface area contributed by atoms with Crippen molar-refractivity contribution in [3.05, 3.63) is 64.2 Å². The average molecular weight is 338 g/mol. The summed E-state index contributed by atoms with van der Waals surface area (Å²) >= 11 is 0. The molecule has 0 bridgehead atoms. The molecule has 0 saturated heterocycles. The van der Waals surface area contributed by atoms with E-state index in [4.69, 9.17) is 0 Å². The van der Waals surface area contributed by atoms with Gasteiger partial charge in [-0.25, -0.2) is 0 Å². The van der Waals surface area contributed by atoms with Crippen molar-refractivity contribution < 1.29 is 9.59 Å². The Morgan fingerprint density at radius 1 is 0.960 bits per heavy atom. The molecule has 0 spiro atoms. The van der Waals surface area contributed by atoms with Gasteiger partial charge in [0.25, 0.3) is 0 Å². The van der Waals surface area contributed by atoms with Gasteiger partial charge in [0.1, 0.15) is 6.54 Å². The summed E-state index contributed by atoms with van der Waals surface area (Å²) in [5.41, 5.74) is 6.18. The molecule has 2 rings (SSSR count). The van der Waals surface area contributed by atoms with E-state index in [9.17, 15) is 9.59 Å². The molecule has 0 atom stereocenters. The first-order valence-electron chi connectivity index (χ1n) is 8.46. The maximum Gasteiger partial charge on any atom is 0.240 e. The quantitative estimate of drug-likeness (QED) is 0.906. The number of hydrogen-bond donors (Lipinski definition) is 1. The van der Waals surface area contributed by atoms with Gasteiger partial charge in [-0.05, 0) is 49.9 Å². The molecule has 2 amide bonds. The third-order valence-corrected chi connectivity index (χ3v) is 4.32. The van der Waals surface area contributed by atoms with Gasteiger partial charge in [0.05, 0.1) is 5.69 Å². The van der Waals surface area contributed by atoms with E-state index in [0.717, 1.165) is 33.5 Å². The van der Waals surface area contributed by atoms with Crippen LogP contribution in [0.5, 0.6) is 0 Å². The molecule has 0 aliphatic rings. The minimum atomic E-state index is -0.169. The number of carbonyl (C=O) groups excluding carboxylic acids is 2. The van der Waals surface area contributed by atoms with Crippen molar-refractivity contribution >= 4 is 17.5 Å². The molecule has 0 fully saturated rings. The first kappa shape index (κ1) is 18.7. The van der Waals surface area contributed by atoms with E-state index in [0.29, 0.717) is 6.54 Å². The molecule has 0 aliphatic carbocycles. The number of nitrogens with zero attached hydrogens (tertiary/aromatic N) is 1. The van der Waals surface area contributed by atoms with Gasteiger partial charge in [0.15, 0.2) is 0 Å². The molecule has 0 heterocycles. The summed E-state index contributed by atoms with van der Waals surface area (Å²) in [6.45, 7) is 9.95. The van der Waals surface area contributed by atoms with Crippen molar-refractivity contribution in [3.8, 4) is 0 Å². The van der Waals surface area contributed by atoms with Gasteiger partial charge in [0, 0.05) is 13.5 Å². The predicted molar refractivity (Wildman–Crippen MR) is 102 cm³/mol. The monoisotopic (exact) mass is 338 g/mol. The number of rotatable bonds is 5. The van der Waals surface area contributed by atoms with E-state index in [1.54, 1.807) is 4.90 Å². The van der Waals surface area contributed by atoms with Gasteiger partial charge in [-0.1, -0.05) is 42.0 Å². The Hall–Kier alpha value is -2.62. The van der Waals surface area contributed by atoms with Crippen LogP contribution in [0.1, 0.15) is 34.7 Å². The highest BCUT2D eigenvalue weighted by atomic mass is 16.2. The zero-order chi connectivity index (χ0) is 18.6. The van der Waals surface area contributed by atoms with Crippen LogP contribution in [0.15, 0.2) is 36.4 Å². The molecule has 1 N–H and O–H groups in total. The van der Waals surface area contributed by atoms with Gasteiger partial charge in [-0.3, -0.25) is 9.59 Å². The summed E-state index contributed by atoms with van der Waals surface area (Å²) < 4.78 is 0. The largest absolute Gasteiger partial charge is 0.350 e. The molecule has 0 aromatic heterocycles. The van der Waals surface area contributed by atoms with Crippen molar-refractivity contribution in [1.82, 2.24) is 5.32 Å². The maximum absolute atomic E-state index is 12.4. The van der Waals surface area contributed by atoms with Crippen LogP contribution in [0.4, 0.5) is 5.69 Å². The second kappa shape index (κ2) is 7.97. The molecule has 132 valence electrons. The summed E-state index contributed by atoms with van der Waals surface area (Å²) in [6, 6.07) is 12.0. The SMILES string of the molecule is CC(=O)N(CC(=O)NCc1ccccc1C)c1c(C)cc(C)cc1C. The van der Waals surface area contributed by atoms with Crippen LogP contribution in [0.3, 0.4) is 0 Å². The molecular formula is C21H26N2O2. The molecule has 2 aromatic rings. The number of benzene rings is 2. The number of amides is 2. The van der Waals surface area contributed by atoms with Gasteiger partial charge in [0.2, 0.25) is 11.8 Å². The number of aryl methyl sites for hydroxylation is 4. The highest BCUT2D eigenvalue weighted by Gasteiger charge is 2.19. The minimum Gasteiger partial charge on any atom is -0.350 e. The van der Waals surface area contributed by atoms with Crippen molar-refractivity contribution in [2.75, 3.05) is 11.4 Å². The molecule has 4 nitrogen and oxygen atoms in total. The van der Waals surface area contributed by atoms with Crippen LogP contribution in [0, 0.1) is 27.7 Å². The third-order valence-electron chi connectivity index (χ3n) is 4.32. The summed E-state index contributed by atoms with van der Waals surface area (Å²) in [6.07, 6.45) is 0. The van der Waals surface area contributed by atoms with Crippen LogP contribution in [-0.2, 0) is 16.1 Å². The molecular weight excluding hydrogens is 312 g/mol. The molecule has 0 saturated carbocycles.